The fourth-order valence-corrected chi connectivity index (χ4v) is 1.29. The van der Waals surface area contributed by atoms with Gasteiger partial charge in [-0.3, -0.25) is 0 Å². The van der Waals surface area contributed by atoms with Crippen LogP contribution in [0.2, 0.25) is 10.0 Å². The number of rotatable bonds is 0. The molecular weight excluding hydrogens is 219 g/mol. The lowest BCUT2D eigenvalue weighted by Crippen LogP contribution is -1.75. The number of hydrogen-bond acceptors (Lipinski definition) is 1. The Labute approximate surface area is 96.7 Å². The molecule has 0 aromatic heterocycles. The summed E-state index contributed by atoms with van der Waals surface area (Å²) in [5.74, 6) is 0.103. The maximum absolute atomic E-state index is 9.14. The monoisotopic (exact) mass is 236 g/mol. The Morgan fingerprint density at radius 2 is 1.43 bits per heavy atom. The quantitative estimate of drug-likeness (QED) is 0.668. The Kier molecular flexibility index (Phi) is 10.5. The third kappa shape index (κ3) is 5.36. The van der Waals surface area contributed by atoms with Crippen molar-refractivity contribution >= 4 is 23.2 Å². The molecule has 82 valence electrons. The van der Waals surface area contributed by atoms with Gasteiger partial charge in [-0.25, -0.2) is 0 Å². The summed E-state index contributed by atoms with van der Waals surface area (Å²) in [7, 11) is 0. The van der Waals surface area contributed by atoms with E-state index in [1.165, 1.54) is 6.07 Å². The van der Waals surface area contributed by atoms with Crippen molar-refractivity contribution in [1.82, 2.24) is 0 Å². The van der Waals surface area contributed by atoms with E-state index < -0.39 is 0 Å². The topological polar surface area (TPSA) is 20.2 Å². The fourth-order valence-electron chi connectivity index (χ4n) is 0.695. The molecule has 14 heavy (non-hydrogen) atoms. The van der Waals surface area contributed by atoms with Crippen LogP contribution in [0.3, 0.4) is 0 Å². The number of phenols is 1. The van der Waals surface area contributed by atoms with Crippen molar-refractivity contribution in [2.24, 2.45) is 0 Å². The van der Waals surface area contributed by atoms with E-state index in [0.717, 1.165) is 0 Å². The average molecular weight is 237 g/mol. The molecule has 0 spiro atoms. The van der Waals surface area contributed by atoms with Crippen LogP contribution in [0.4, 0.5) is 0 Å². The maximum Gasteiger partial charge on any atom is 0.137 e. The van der Waals surface area contributed by atoms with Crippen LogP contribution in [0.1, 0.15) is 33.3 Å². The van der Waals surface area contributed by atoms with Gasteiger partial charge in [0.15, 0.2) is 0 Å². The SMILES string of the molecule is CC.CC.Cc1cc(Cl)cc(Cl)c1O. The molecule has 0 bridgehead atoms. The predicted molar refractivity (Wildman–Crippen MR) is 65.6 cm³/mol. The fraction of sp³-hybridized carbons (Fsp3) is 0.455. The van der Waals surface area contributed by atoms with Gasteiger partial charge in [0.1, 0.15) is 5.75 Å². The highest BCUT2D eigenvalue weighted by Crippen LogP contribution is 2.29. The molecule has 1 aromatic carbocycles. The molecule has 3 heteroatoms. The molecule has 0 saturated carbocycles. The molecule has 0 fully saturated rings. The molecule has 0 amide bonds. The molecule has 0 heterocycles. The van der Waals surface area contributed by atoms with Gasteiger partial charge in [-0.2, -0.15) is 0 Å². The largest absolute Gasteiger partial charge is 0.506 e. The Bertz CT molecular complexity index is 236. The number of hydrogen-bond donors (Lipinski definition) is 1. The van der Waals surface area contributed by atoms with Crippen molar-refractivity contribution in [3.05, 3.63) is 27.7 Å². The van der Waals surface area contributed by atoms with Crippen molar-refractivity contribution in [2.45, 2.75) is 34.6 Å². The van der Waals surface area contributed by atoms with Crippen LogP contribution in [0.15, 0.2) is 12.1 Å². The second-order valence-corrected chi connectivity index (χ2v) is 2.90. The first-order valence-corrected chi connectivity index (χ1v) is 5.51. The van der Waals surface area contributed by atoms with Gasteiger partial charge in [0.2, 0.25) is 0 Å². The van der Waals surface area contributed by atoms with Gasteiger partial charge in [0.05, 0.1) is 5.02 Å². The summed E-state index contributed by atoms with van der Waals surface area (Å²) in [6, 6.07) is 3.16. The molecular formula is C11H18Cl2O. The lowest BCUT2D eigenvalue weighted by molar-refractivity contribution is 0.471. The highest BCUT2D eigenvalue weighted by atomic mass is 35.5. The summed E-state index contributed by atoms with van der Waals surface area (Å²) < 4.78 is 0. The lowest BCUT2D eigenvalue weighted by atomic mass is 10.2. The summed E-state index contributed by atoms with van der Waals surface area (Å²) >= 11 is 11.2. The molecule has 0 unspecified atom stereocenters. The third-order valence-electron chi connectivity index (χ3n) is 1.22. The summed E-state index contributed by atoms with van der Waals surface area (Å²) in [6.07, 6.45) is 0. The van der Waals surface area contributed by atoms with Crippen LogP contribution >= 0.6 is 23.2 Å². The average Bonchev–Trinajstić information content (AvgIpc) is 2.20. The number of halogens is 2. The van der Waals surface area contributed by atoms with E-state index in [4.69, 9.17) is 28.3 Å². The standard InChI is InChI=1S/C7H6Cl2O.2C2H6/c1-4-2-5(8)3-6(9)7(4)10;2*1-2/h2-3,10H,1H3;2*1-2H3. The van der Waals surface area contributed by atoms with Gasteiger partial charge in [-0.1, -0.05) is 50.9 Å². The van der Waals surface area contributed by atoms with Crippen molar-refractivity contribution < 1.29 is 5.11 Å². The zero-order valence-electron chi connectivity index (χ0n) is 9.36. The van der Waals surface area contributed by atoms with E-state index in [1.54, 1.807) is 13.0 Å². The van der Waals surface area contributed by atoms with Crippen molar-refractivity contribution in [2.75, 3.05) is 0 Å². The van der Waals surface area contributed by atoms with Crippen LogP contribution in [0.5, 0.6) is 5.75 Å². The maximum atomic E-state index is 9.14. The van der Waals surface area contributed by atoms with E-state index in [0.29, 0.717) is 15.6 Å². The highest BCUT2D eigenvalue weighted by molar-refractivity contribution is 6.35. The van der Waals surface area contributed by atoms with Gasteiger partial charge in [0.25, 0.3) is 0 Å². The third-order valence-corrected chi connectivity index (χ3v) is 1.73. The van der Waals surface area contributed by atoms with E-state index >= 15 is 0 Å². The summed E-state index contributed by atoms with van der Waals surface area (Å²) in [5.41, 5.74) is 0.692. The molecule has 0 saturated heterocycles. The van der Waals surface area contributed by atoms with Gasteiger partial charge in [-0.05, 0) is 24.6 Å². The minimum atomic E-state index is 0.103. The van der Waals surface area contributed by atoms with E-state index in [9.17, 15) is 0 Å². The van der Waals surface area contributed by atoms with E-state index in [1.807, 2.05) is 27.7 Å². The molecule has 1 aromatic rings. The number of benzene rings is 1. The van der Waals surface area contributed by atoms with Crippen LogP contribution in [-0.2, 0) is 0 Å². The first-order valence-electron chi connectivity index (χ1n) is 4.76. The van der Waals surface area contributed by atoms with Gasteiger partial charge in [-0.15, -0.1) is 0 Å². The summed E-state index contributed by atoms with van der Waals surface area (Å²) in [5, 5.41) is 9.98. The van der Waals surface area contributed by atoms with Gasteiger partial charge in [0, 0.05) is 5.02 Å². The number of phenolic OH excluding ortho intramolecular Hbond substituents is 1. The minimum absolute atomic E-state index is 0.103. The zero-order valence-corrected chi connectivity index (χ0v) is 10.9. The van der Waals surface area contributed by atoms with Gasteiger partial charge < -0.3 is 5.11 Å². The molecule has 0 radical (unpaired) electrons. The first kappa shape index (κ1) is 16.0. The Morgan fingerprint density at radius 1 is 1.00 bits per heavy atom. The van der Waals surface area contributed by atoms with E-state index in [2.05, 4.69) is 0 Å². The Balaban J connectivity index is 0. The molecule has 0 atom stereocenters. The highest BCUT2D eigenvalue weighted by Gasteiger charge is 2.02. The molecule has 0 aliphatic heterocycles. The first-order chi connectivity index (χ1) is 6.61. The molecule has 1 nitrogen and oxygen atoms in total. The lowest BCUT2D eigenvalue weighted by Gasteiger charge is -2.00. The van der Waals surface area contributed by atoms with Crippen LogP contribution in [0, 0.1) is 6.92 Å². The second-order valence-electron chi connectivity index (χ2n) is 2.05. The Hall–Kier alpha value is -0.400. The molecule has 0 aliphatic carbocycles. The van der Waals surface area contributed by atoms with Crippen molar-refractivity contribution in [3.63, 3.8) is 0 Å². The zero-order chi connectivity index (χ0) is 11.7. The second kappa shape index (κ2) is 9.17. The smallest absolute Gasteiger partial charge is 0.137 e. The van der Waals surface area contributed by atoms with Crippen LogP contribution in [0.25, 0.3) is 0 Å². The molecule has 1 N–H and O–H groups in total. The summed E-state index contributed by atoms with van der Waals surface area (Å²) in [4.78, 5) is 0. The van der Waals surface area contributed by atoms with Crippen LogP contribution in [-0.4, -0.2) is 5.11 Å². The number of aryl methyl sites for hydroxylation is 1. The normalized spacial score (nSPS) is 7.93. The van der Waals surface area contributed by atoms with Crippen LogP contribution < -0.4 is 0 Å². The number of aromatic hydroxyl groups is 1. The van der Waals surface area contributed by atoms with Gasteiger partial charge >= 0.3 is 0 Å². The minimum Gasteiger partial charge on any atom is -0.506 e. The molecule has 1 rings (SSSR count). The Morgan fingerprint density at radius 3 is 1.79 bits per heavy atom. The predicted octanol–water partition coefficient (Wildman–Crippen LogP) is 5.06. The molecule has 0 aliphatic rings. The summed E-state index contributed by atoms with van der Waals surface area (Å²) in [6.45, 7) is 9.74. The van der Waals surface area contributed by atoms with E-state index in [-0.39, 0.29) is 5.75 Å². The van der Waals surface area contributed by atoms with Crippen molar-refractivity contribution in [3.8, 4) is 5.75 Å². The van der Waals surface area contributed by atoms with Crippen molar-refractivity contribution in [1.29, 1.82) is 0 Å².